The Bertz CT molecular complexity index is 505. The van der Waals surface area contributed by atoms with Crippen LogP contribution in [-0.2, 0) is 9.59 Å². The summed E-state index contributed by atoms with van der Waals surface area (Å²) in [7, 11) is 0. The quantitative estimate of drug-likeness (QED) is 0.697. The van der Waals surface area contributed by atoms with Crippen molar-refractivity contribution in [1.82, 2.24) is 0 Å². The summed E-state index contributed by atoms with van der Waals surface area (Å²) in [5, 5.41) is 0. The lowest BCUT2D eigenvalue weighted by molar-refractivity contribution is -0.119. The highest BCUT2D eigenvalue weighted by Crippen LogP contribution is 2.29. The Morgan fingerprint density at radius 3 is 2.62 bits per heavy atom. The van der Waals surface area contributed by atoms with Gasteiger partial charge in [-0.3, -0.25) is 19.3 Å². The van der Waals surface area contributed by atoms with Crippen LogP contribution in [0.5, 0.6) is 0 Å². The third-order valence-corrected chi connectivity index (χ3v) is 2.51. The van der Waals surface area contributed by atoms with E-state index in [1.54, 1.807) is 12.1 Å². The van der Waals surface area contributed by atoms with E-state index in [2.05, 4.69) is 0 Å². The Balaban J connectivity index is 2.50. The van der Waals surface area contributed by atoms with Gasteiger partial charge in [0, 0.05) is 0 Å². The number of ketones is 2. The highest BCUT2D eigenvalue weighted by Gasteiger charge is 2.35. The van der Waals surface area contributed by atoms with Gasteiger partial charge in [-0.05, 0) is 26.0 Å². The first kappa shape index (κ1) is 10.5. The van der Waals surface area contributed by atoms with Crippen molar-refractivity contribution in [3.63, 3.8) is 0 Å². The van der Waals surface area contributed by atoms with Crippen molar-refractivity contribution >= 4 is 23.2 Å². The molecular weight excluding hydrogens is 206 g/mol. The minimum absolute atomic E-state index is 0.0410. The largest absolute Gasteiger partial charge is 0.299 e. The second-order valence-electron chi connectivity index (χ2n) is 3.94. The van der Waals surface area contributed by atoms with E-state index in [-0.39, 0.29) is 12.3 Å². The van der Waals surface area contributed by atoms with Gasteiger partial charge in [-0.1, -0.05) is 11.6 Å². The highest BCUT2D eigenvalue weighted by molar-refractivity contribution is 6.52. The van der Waals surface area contributed by atoms with Crippen LogP contribution >= 0.6 is 0 Å². The first-order chi connectivity index (χ1) is 7.50. The lowest BCUT2D eigenvalue weighted by Gasteiger charge is -2.14. The van der Waals surface area contributed by atoms with Gasteiger partial charge in [0.2, 0.25) is 0 Å². The number of fused-ring (bicyclic) bond motifs is 1. The van der Waals surface area contributed by atoms with Crippen LogP contribution in [0, 0.1) is 6.92 Å². The van der Waals surface area contributed by atoms with Crippen LogP contribution in [0.1, 0.15) is 22.8 Å². The number of hydrogen-bond donors (Lipinski definition) is 0. The molecule has 0 atom stereocenters. The SMILES string of the molecule is CC(=O)CN1C(=O)C(=O)c2cc(C)ccc21. The number of anilines is 1. The zero-order valence-corrected chi connectivity index (χ0v) is 9.11. The standard InChI is InChI=1S/C12H11NO3/c1-7-3-4-10-9(5-7)11(15)12(16)13(10)6-8(2)14/h3-5H,6H2,1-2H3. The van der Waals surface area contributed by atoms with E-state index in [1.807, 2.05) is 13.0 Å². The van der Waals surface area contributed by atoms with Crippen molar-refractivity contribution in [3.05, 3.63) is 29.3 Å². The van der Waals surface area contributed by atoms with Crippen LogP contribution in [0.15, 0.2) is 18.2 Å². The number of nitrogens with zero attached hydrogens (tertiary/aromatic N) is 1. The molecular formula is C12H11NO3. The highest BCUT2D eigenvalue weighted by atomic mass is 16.2. The van der Waals surface area contributed by atoms with Gasteiger partial charge in [-0.15, -0.1) is 0 Å². The maximum absolute atomic E-state index is 11.6. The number of benzene rings is 1. The Hall–Kier alpha value is -1.97. The minimum Gasteiger partial charge on any atom is -0.298 e. The summed E-state index contributed by atoms with van der Waals surface area (Å²) >= 11 is 0. The molecule has 16 heavy (non-hydrogen) atoms. The molecule has 1 aliphatic heterocycles. The van der Waals surface area contributed by atoms with Crippen LogP contribution in [0.3, 0.4) is 0 Å². The zero-order valence-electron chi connectivity index (χ0n) is 9.11. The molecule has 0 radical (unpaired) electrons. The lowest BCUT2D eigenvalue weighted by Crippen LogP contribution is -2.33. The molecule has 1 amide bonds. The maximum Gasteiger partial charge on any atom is 0.299 e. The molecule has 0 spiro atoms. The molecule has 0 N–H and O–H groups in total. The topological polar surface area (TPSA) is 54.5 Å². The summed E-state index contributed by atoms with van der Waals surface area (Å²) in [4.78, 5) is 35.5. The molecule has 1 heterocycles. The number of carbonyl (C=O) groups is 3. The average molecular weight is 217 g/mol. The monoisotopic (exact) mass is 217 g/mol. The van der Waals surface area contributed by atoms with Crippen molar-refractivity contribution in [2.24, 2.45) is 0 Å². The second kappa shape index (κ2) is 3.56. The van der Waals surface area contributed by atoms with Crippen molar-refractivity contribution in [2.75, 3.05) is 11.4 Å². The van der Waals surface area contributed by atoms with E-state index in [1.165, 1.54) is 11.8 Å². The van der Waals surface area contributed by atoms with E-state index in [0.717, 1.165) is 5.56 Å². The van der Waals surface area contributed by atoms with Gasteiger partial charge in [0.25, 0.3) is 11.7 Å². The van der Waals surface area contributed by atoms with Crippen molar-refractivity contribution in [1.29, 1.82) is 0 Å². The molecule has 0 fully saturated rings. The Morgan fingerprint density at radius 1 is 1.31 bits per heavy atom. The van der Waals surface area contributed by atoms with Crippen LogP contribution in [0.4, 0.5) is 5.69 Å². The van der Waals surface area contributed by atoms with Crippen LogP contribution < -0.4 is 4.90 Å². The maximum atomic E-state index is 11.6. The summed E-state index contributed by atoms with van der Waals surface area (Å²) in [5.74, 6) is -1.29. The summed E-state index contributed by atoms with van der Waals surface area (Å²) in [5.41, 5.74) is 1.85. The number of aryl methyl sites for hydroxylation is 1. The van der Waals surface area contributed by atoms with Gasteiger partial charge in [-0.2, -0.15) is 0 Å². The molecule has 0 saturated heterocycles. The summed E-state index contributed by atoms with van der Waals surface area (Å²) in [6.45, 7) is 3.20. The predicted octanol–water partition coefficient (Wildman–Crippen LogP) is 1.11. The number of carbonyl (C=O) groups excluding carboxylic acids is 3. The van der Waals surface area contributed by atoms with Crippen molar-refractivity contribution < 1.29 is 14.4 Å². The third kappa shape index (κ3) is 1.52. The van der Waals surface area contributed by atoms with E-state index in [0.29, 0.717) is 11.3 Å². The molecule has 0 bridgehead atoms. The van der Waals surface area contributed by atoms with Gasteiger partial charge >= 0.3 is 0 Å². The van der Waals surface area contributed by atoms with Gasteiger partial charge in [0.05, 0.1) is 17.8 Å². The van der Waals surface area contributed by atoms with Gasteiger partial charge in [0.15, 0.2) is 0 Å². The lowest BCUT2D eigenvalue weighted by atomic mass is 10.1. The smallest absolute Gasteiger partial charge is 0.298 e. The average Bonchev–Trinajstić information content (AvgIpc) is 2.43. The number of Topliss-reactive ketones (excluding diaryl/α,β-unsaturated/α-hetero) is 2. The van der Waals surface area contributed by atoms with Crippen molar-refractivity contribution in [2.45, 2.75) is 13.8 Å². The van der Waals surface area contributed by atoms with Crippen molar-refractivity contribution in [3.8, 4) is 0 Å². The Morgan fingerprint density at radius 2 is 2.00 bits per heavy atom. The van der Waals surface area contributed by atoms with E-state index in [4.69, 9.17) is 0 Å². The fourth-order valence-electron chi connectivity index (χ4n) is 1.79. The van der Waals surface area contributed by atoms with Gasteiger partial charge in [0.1, 0.15) is 5.78 Å². The number of amides is 1. The molecule has 0 unspecified atom stereocenters. The molecule has 0 aromatic heterocycles. The predicted molar refractivity (Wildman–Crippen MR) is 58.5 cm³/mol. The van der Waals surface area contributed by atoms with Crippen LogP contribution in [0.2, 0.25) is 0 Å². The Kier molecular flexibility index (Phi) is 2.34. The van der Waals surface area contributed by atoms with E-state index in [9.17, 15) is 14.4 Å². The first-order valence-electron chi connectivity index (χ1n) is 4.97. The normalized spacial score (nSPS) is 14.2. The zero-order chi connectivity index (χ0) is 11.9. The summed E-state index contributed by atoms with van der Waals surface area (Å²) < 4.78 is 0. The molecule has 4 heteroatoms. The van der Waals surface area contributed by atoms with E-state index >= 15 is 0 Å². The number of rotatable bonds is 2. The van der Waals surface area contributed by atoms with Gasteiger partial charge < -0.3 is 0 Å². The minimum atomic E-state index is -0.615. The fourth-order valence-corrected chi connectivity index (χ4v) is 1.79. The molecule has 1 aliphatic rings. The van der Waals surface area contributed by atoms with Crippen LogP contribution in [-0.4, -0.2) is 24.0 Å². The third-order valence-electron chi connectivity index (χ3n) is 2.51. The number of hydrogen-bond acceptors (Lipinski definition) is 3. The second-order valence-corrected chi connectivity index (χ2v) is 3.94. The molecule has 4 nitrogen and oxygen atoms in total. The molecule has 2 rings (SSSR count). The summed E-state index contributed by atoms with van der Waals surface area (Å²) in [6, 6.07) is 5.20. The fraction of sp³-hybridized carbons (Fsp3) is 0.250. The Labute approximate surface area is 92.9 Å². The van der Waals surface area contributed by atoms with Gasteiger partial charge in [-0.25, -0.2) is 0 Å². The molecule has 82 valence electrons. The first-order valence-corrected chi connectivity index (χ1v) is 4.97. The molecule has 0 saturated carbocycles. The molecule has 1 aromatic rings. The van der Waals surface area contributed by atoms with Crippen LogP contribution in [0.25, 0.3) is 0 Å². The molecule has 1 aromatic carbocycles. The molecule has 0 aliphatic carbocycles. The van der Waals surface area contributed by atoms with E-state index < -0.39 is 11.7 Å². The summed E-state index contributed by atoms with van der Waals surface area (Å²) in [6.07, 6.45) is 0.